The van der Waals surface area contributed by atoms with Gasteiger partial charge in [0.1, 0.15) is 17.5 Å². The van der Waals surface area contributed by atoms with E-state index in [2.05, 4.69) is 35.1 Å². The monoisotopic (exact) mass is 518 g/mol. The quantitative estimate of drug-likeness (QED) is 0.489. The molecule has 0 aromatic heterocycles. The maximum atomic E-state index is 13.2. The fourth-order valence-corrected chi connectivity index (χ4v) is 3.71. The molecule has 2 amide bonds. The lowest BCUT2D eigenvalue weighted by Gasteiger charge is -2.31. The van der Waals surface area contributed by atoms with Crippen LogP contribution < -0.4 is 14.8 Å². The molecule has 33 heavy (non-hydrogen) atoms. The second kappa shape index (κ2) is 11.5. The highest BCUT2D eigenvalue weighted by Crippen LogP contribution is 2.29. The van der Waals surface area contributed by atoms with Gasteiger partial charge < -0.3 is 19.7 Å². The Morgan fingerprint density at radius 1 is 1.06 bits per heavy atom. The van der Waals surface area contributed by atoms with Crippen LogP contribution in [0.2, 0.25) is 0 Å². The van der Waals surface area contributed by atoms with Crippen LogP contribution in [0.5, 0.6) is 11.5 Å². The fraction of sp³-hybridized carbons (Fsp3) is 0.462. The first-order chi connectivity index (χ1) is 15.4. The van der Waals surface area contributed by atoms with Crippen molar-refractivity contribution < 1.29 is 19.1 Å². The Morgan fingerprint density at radius 2 is 1.70 bits per heavy atom. The second-order valence-electron chi connectivity index (χ2n) is 9.42. The number of amides is 2. The van der Waals surface area contributed by atoms with Gasteiger partial charge in [-0.15, -0.1) is 0 Å². The first-order valence-electron chi connectivity index (χ1n) is 11.1. The Balaban J connectivity index is 2.20. The summed E-state index contributed by atoms with van der Waals surface area (Å²) in [6, 6.07) is 12.6. The van der Waals surface area contributed by atoms with Crippen molar-refractivity contribution in [3.8, 4) is 11.5 Å². The van der Waals surface area contributed by atoms with E-state index in [1.54, 1.807) is 18.9 Å². The van der Waals surface area contributed by atoms with E-state index in [0.29, 0.717) is 11.7 Å². The first-order valence-corrected chi connectivity index (χ1v) is 11.9. The van der Waals surface area contributed by atoms with E-state index in [9.17, 15) is 9.59 Å². The number of hydrogen-bond acceptors (Lipinski definition) is 4. The topological polar surface area (TPSA) is 67.9 Å². The van der Waals surface area contributed by atoms with Gasteiger partial charge in [-0.05, 0) is 84.9 Å². The molecule has 1 N–H and O–H groups in total. The van der Waals surface area contributed by atoms with Gasteiger partial charge in [0.25, 0.3) is 5.91 Å². The Hall–Kier alpha value is -2.54. The molecule has 2 rings (SSSR count). The number of carbonyl (C=O) groups excluding carboxylic acids is 2. The van der Waals surface area contributed by atoms with E-state index in [-0.39, 0.29) is 25.0 Å². The van der Waals surface area contributed by atoms with Crippen LogP contribution in [-0.4, -0.2) is 42.0 Å². The molecule has 0 saturated heterocycles. The number of rotatable bonds is 9. The van der Waals surface area contributed by atoms with E-state index in [1.807, 2.05) is 63.2 Å². The van der Waals surface area contributed by atoms with Gasteiger partial charge >= 0.3 is 0 Å². The van der Waals surface area contributed by atoms with Crippen LogP contribution in [0.25, 0.3) is 0 Å². The number of carbonyl (C=O) groups is 2. The molecule has 0 aliphatic rings. The van der Waals surface area contributed by atoms with Crippen LogP contribution in [-0.2, 0) is 16.1 Å². The SMILES string of the molecule is COc1ccc(CN(C(=O)COc2ccc(C(C)C)cc2Br)[C@H](C)C(=O)NC(C)(C)C)cc1. The van der Waals surface area contributed by atoms with Gasteiger partial charge in [0.15, 0.2) is 6.61 Å². The standard InChI is InChI=1S/C26H35BrN2O4/c1-17(2)20-10-13-23(22(27)14-20)33-16-24(30)29(18(3)25(31)28-26(4,5)6)15-19-8-11-21(32-7)12-9-19/h8-14,17-18H,15-16H2,1-7H3,(H,28,31)/t18-/m1/s1. The molecule has 0 aliphatic carbocycles. The van der Waals surface area contributed by atoms with Gasteiger partial charge in [-0.25, -0.2) is 0 Å². The molecule has 2 aromatic rings. The van der Waals surface area contributed by atoms with Crippen molar-refractivity contribution in [1.82, 2.24) is 10.2 Å². The van der Waals surface area contributed by atoms with Crippen molar-refractivity contribution in [1.29, 1.82) is 0 Å². The van der Waals surface area contributed by atoms with Crippen molar-refractivity contribution in [2.75, 3.05) is 13.7 Å². The van der Waals surface area contributed by atoms with Gasteiger partial charge in [-0.2, -0.15) is 0 Å². The third-order valence-corrected chi connectivity index (χ3v) is 5.77. The summed E-state index contributed by atoms with van der Waals surface area (Å²) in [5.74, 6) is 1.21. The molecule has 0 heterocycles. The third kappa shape index (κ3) is 8.07. The van der Waals surface area contributed by atoms with Crippen molar-refractivity contribution in [3.63, 3.8) is 0 Å². The molecule has 0 radical (unpaired) electrons. The zero-order valence-electron chi connectivity index (χ0n) is 20.6. The lowest BCUT2D eigenvalue weighted by atomic mass is 10.0. The van der Waals surface area contributed by atoms with E-state index in [1.165, 1.54) is 5.56 Å². The molecule has 1 atom stereocenters. The summed E-state index contributed by atoms with van der Waals surface area (Å²) >= 11 is 3.53. The largest absolute Gasteiger partial charge is 0.497 e. The predicted octanol–water partition coefficient (Wildman–Crippen LogP) is 5.29. The van der Waals surface area contributed by atoms with Crippen LogP contribution >= 0.6 is 15.9 Å². The molecule has 0 aliphatic heterocycles. The fourth-order valence-electron chi connectivity index (χ4n) is 3.20. The van der Waals surface area contributed by atoms with Crippen LogP contribution in [0.1, 0.15) is 58.6 Å². The summed E-state index contributed by atoms with van der Waals surface area (Å²) in [5.41, 5.74) is 1.66. The Labute approximate surface area is 205 Å². The van der Waals surface area contributed by atoms with Crippen molar-refractivity contribution in [3.05, 3.63) is 58.1 Å². The Bertz CT molecular complexity index is 952. The third-order valence-electron chi connectivity index (χ3n) is 5.15. The van der Waals surface area contributed by atoms with E-state index >= 15 is 0 Å². The van der Waals surface area contributed by atoms with Crippen LogP contribution in [0.15, 0.2) is 46.9 Å². The maximum absolute atomic E-state index is 13.2. The van der Waals surface area contributed by atoms with Gasteiger partial charge in [0.2, 0.25) is 5.91 Å². The van der Waals surface area contributed by atoms with Gasteiger partial charge in [0.05, 0.1) is 11.6 Å². The van der Waals surface area contributed by atoms with E-state index in [0.717, 1.165) is 15.8 Å². The number of benzene rings is 2. The molecular weight excluding hydrogens is 484 g/mol. The molecule has 0 spiro atoms. The number of halogens is 1. The molecule has 2 aromatic carbocycles. The molecular formula is C26H35BrN2O4. The average molecular weight is 519 g/mol. The van der Waals surface area contributed by atoms with Gasteiger partial charge in [-0.3, -0.25) is 9.59 Å². The second-order valence-corrected chi connectivity index (χ2v) is 10.3. The lowest BCUT2D eigenvalue weighted by Crippen LogP contribution is -2.53. The summed E-state index contributed by atoms with van der Waals surface area (Å²) in [7, 11) is 1.60. The van der Waals surface area contributed by atoms with Crippen molar-refractivity contribution >= 4 is 27.7 Å². The Morgan fingerprint density at radius 3 is 2.21 bits per heavy atom. The minimum Gasteiger partial charge on any atom is -0.497 e. The van der Waals surface area contributed by atoms with Crippen molar-refractivity contribution in [2.24, 2.45) is 0 Å². The number of ether oxygens (including phenoxy) is 2. The maximum Gasteiger partial charge on any atom is 0.261 e. The minimum absolute atomic E-state index is 0.178. The van der Waals surface area contributed by atoms with Gasteiger partial charge in [-0.1, -0.05) is 32.0 Å². The Kier molecular flexibility index (Phi) is 9.35. The zero-order chi connectivity index (χ0) is 24.8. The summed E-state index contributed by atoms with van der Waals surface area (Å²) in [6.45, 7) is 11.8. The molecule has 0 saturated carbocycles. The highest BCUT2D eigenvalue weighted by Gasteiger charge is 2.28. The summed E-state index contributed by atoms with van der Waals surface area (Å²) in [4.78, 5) is 27.6. The van der Waals surface area contributed by atoms with Crippen LogP contribution in [0, 0.1) is 0 Å². The predicted molar refractivity (Wildman–Crippen MR) is 135 cm³/mol. The first kappa shape index (κ1) is 26.7. The minimum atomic E-state index is -0.672. The number of nitrogens with one attached hydrogen (secondary N) is 1. The number of methoxy groups -OCH3 is 1. The molecule has 0 bridgehead atoms. The zero-order valence-corrected chi connectivity index (χ0v) is 22.2. The molecule has 0 unspecified atom stereocenters. The summed E-state index contributed by atoms with van der Waals surface area (Å²) < 4.78 is 11.8. The lowest BCUT2D eigenvalue weighted by molar-refractivity contribution is -0.142. The summed E-state index contributed by atoms with van der Waals surface area (Å²) in [5, 5.41) is 2.96. The van der Waals surface area contributed by atoms with Crippen LogP contribution in [0.4, 0.5) is 0 Å². The molecule has 0 fully saturated rings. The smallest absolute Gasteiger partial charge is 0.261 e. The highest BCUT2D eigenvalue weighted by atomic mass is 79.9. The van der Waals surface area contributed by atoms with Gasteiger partial charge in [0, 0.05) is 12.1 Å². The summed E-state index contributed by atoms with van der Waals surface area (Å²) in [6.07, 6.45) is 0. The van der Waals surface area contributed by atoms with Crippen molar-refractivity contribution in [2.45, 2.75) is 65.6 Å². The van der Waals surface area contributed by atoms with E-state index in [4.69, 9.17) is 9.47 Å². The van der Waals surface area contributed by atoms with E-state index < -0.39 is 11.6 Å². The average Bonchev–Trinajstić information content (AvgIpc) is 2.75. The number of hydrogen-bond donors (Lipinski definition) is 1. The van der Waals surface area contributed by atoms with Crippen LogP contribution in [0.3, 0.4) is 0 Å². The molecule has 6 nitrogen and oxygen atoms in total. The molecule has 7 heteroatoms. The highest BCUT2D eigenvalue weighted by molar-refractivity contribution is 9.10. The normalized spacial score (nSPS) is 12.3. The molecule has 180 valence electrons. The number of nitrogens with zero attached hydrogens (tertiary/aromatic N) is 1.